The number of hydrogen-bond acceptors (Lipinski definition) is 2. The van der Waals surface area contributed by atoms with Crippen molar-refractivity contribution in [1.82, 2.24) is 0 Å². The van der Waals surface area contributed by atoms with Gasteiger partial charge in [0.15, 0.2) is 0 Å². The minimum atomic E-state index is -0.398. The zero-order valence-corrected chi connectivity index (χ0v) is 12.0. The molecule has 0 bridgehead atoms. The monoisotopic (exact) mass is 316 g/mol. The predicted molar refractivity (Wildman–Crippen MR) is 72.9 cm³/mol. The third kappa shape index (κ3) is 4.24. The molecule has 100 valence electrons. The van der Waals surface area contributed by atoms with E-state index in [1.54, 1.807) is 0 Å². The molecule has 1 aliphatic rings. The van der Waals surface area contributed by atoms with Crippen LogP contribution in [0.4, 0.5) is 0 Å². The van der Waals surface area contributed by atoms with Gasteiger partial charge in [-0.15, -0.1) is 0 Å². The predicted octanol–water partition coefficient (Wildman–Crippen LogP) is -1.35. The fraction of sp³-hybridized carbons (Fsp3) is 0.538. The van der Waals surface area contributed by atoms with Gasteiger partial charge in [0.2, 0.25) is 0 Å². The average molecular weight is 317 g/mol. The standard InChI is InChI=1S/C13H19BrN2O2/c14-12-3-1-2-4-13(12)18-10-11(17)9-16-7-5-15-6-8-16/h1-4,11,15,17H,5-10H2/p+2/t11-/m1/s1. The molecule has 2 rings (SSSR count). The summed E-state index contributed by atoms with van der Waals surface area (Å²) in [6.07, 6.45) is -0.398. The van der Waals surface area contributed by atoms with Crippen LogP contribution in [0.5, 0.6) is 5.75 Å². The van der Waals surface area contributed by atoms with E-state index in [9.17, 15) is 5.11 Å². The fourth-order valence-electron chi connectivity index (χ4n) is 2.23. The Morgan fingerprint density at radius 3 is 2.78 bits per heavy atom. The minimum absolute atomic E-state index is 0.357. The lowest BCUT2D eigenvalue weighted by Gasteiger charge is -2.24. The number of piperazine rings is 1. The summed E-state index contributed by atoms with van der Waals surface area (Å²) in [6, 6.07) is 7.72. The first kappa shape index (κ1) is 13.8. The Kier molecular flexibility index (Phi) is 5.44. The average Bonchev–Trinajstić information content (AvgIpc) is 2.39. The van der Waals surface area contributed by atoms with Crippen LogP contribution in [0.15, 0.2) is 28.7 Å². The Morgan fingerprint density at radius 1 is 1.33 bits per heavy atom. The lowest BCUT2D eigenvalue weighted by molar-refractivity contribution is -0.949. The second-order valence-electron chi connectivity index (χ2n) is 4.72. The van der Waals surface area contributed by atoms with Crippen molar-refractivity contribution in [3.05, 3.63) is 28.7 Å². The van der Waals surface area contributed by atoms with Gasteiger partial charge in [0.05, 0.1) is 4.47 Å². The van der Waals surface area contributed by atoms with Gasteiger partial charge >= 0.3 is 0 Å². The molecule has 1 fully saturated rings. The van der Waals surface area contributed by atoms with Crippen LogP contribution in [0, 0.1) is 0 Å². The molecule has 4 N–H and O–H groups in total. The quantitative estimate of drug-likeness (QED) is 0.629. The number of aliphatic hydroxyl groups is 1. The highest BCUT2D eigenvalue weighted by Crippen LogP contribution is 2.23. The van der Waals surface area contributed by atoms with E-state index in [-0.39, 0.29) is 0 Å². The summed E-state index contributed by atoms with van der Waals surface area (Å²) in [4.78, 5) is 1.47. The Morgan fingerprint density at radius 2 is 2.06 bits per heavy atom. The van der Waals surface area contributed by atoms with Crippen LogP contribution in [0.3, 0.4) is 0 Å². The summed E-state index contributed by atoms with van der Waals surface area (Å²) in [6.45, 7) is 5.71. The lowest BCUT2D eigenvalue weighted by atomic mass is 10.3. The molecule has 1 saturated heterocycles. The van der Waals surface area contributed by atoms with E-state index < -0.39 is 6.10 Å². The van der Waals surface area contributed by atoms with Crippen LogP contribution in [0.1, 0.15) is 0 Å². The number of para-hydroxylation sites is 1. The van der Waals surface area contributed by atoms with Gasteiger partial charge in [-0.3, -0.25) is 0 Å². The van der Waals surface area contributed by atoms with Crippen molar-refractivity contribution in [3.63, 3.8) is 0 Å². The maximum atomic E-state index is 9.98. The normalized spacial score (nSPS) is 18.6. The summed E-state index contributed by atoms with van der Waals surface area (Å²) in [5, 5.41) is 12.3. The van der Waals surface area contributed by atoms with Gasteiger partial charge in [-0.2, -0.15) is 0 Å². The summed E-state index contributed by atoms with van der Waals surface area (Å²) in [5.41, 5.74) is 0. The van der Waals surface area contributed by atoms with E-state index in [1.165, 1.54) is 4.90 Å². The first-order valence-electron chi connectivity index (χ1n) is 6.46. The van der Waals surface area contributed by atoms with Crippen LogP contribution in [0.2, 0.25) is 0 Å². The molecular weight excluding hydrogens is 296 g/mol. The molecule has 1 aromatic carbocycles. The highest BCUT2D eigenvalue weighted by atomic mass is 79.9. The van der Waals surface area contributed by atoms with Gasteiger partial charge in [-0.05, 0) is 28.1 Å². The number of ether oxygens (including phenoxy) is 1. The number of nitrogens with two attached hydrogens (primary N) is 1. The Balaban J connectivity index is 1.74. The molecule has 0 unspecified atom stereocenters. The second-order valence-corrected chi connectivity index (χ2v) is 5.57. The molecule has 1 heterocycles. The van der Waals surface area contributed by atoms with Crippen LogP contribution >= 0.6 is 15.9 Å². The molecule has 0 spiro atoms. The molecule has 0 aromatic heterocycles. The maximum Gasteiger partial charge on any atom is 0.137 e. The van der Waals surface area contributed by atoms with E-state index in [2.05, 4.69) is 21.2 Å². The summed E-state index contributed by atoms with van der Waals surface area (Å²) in [7, 11) is 0. The minimum Gasteiger partial charge on any atom is -0.489 e. The summed E-state index contributed by atoms with van der Waals surface area (Å²) >= 11 is 3.43. The first-order chi connectivity index (χ1) is 8.75. The van der Waals surface area contributed by atoms with E-state index in [0.717, 1.165) is 42.9 Å². The topological polar surface area (TPSA) is 50.5 Å². The van der Waals surface area contributed by atoms with E-state index in [4.69, 9.17) is 4.74 Å². The molecule has 5 heteroatoms. The van der Waals surface area contributed by atoms with Crippen molar-refractivity contribution < 1.29 is 20.1 Å². The number of aliphatic hydroxyl groups excluding tert-OH is 1. The van der Waals surface area contributed by atoms with Crippen molar-refractivity contribution in [2.24, 2.45) is 0 Å². The molecular formula is C13H21BrN2O2+2. The van der Waals surface area contributed by atoms with Crippen LogP contribution < -0.4 is 15.0 Å². The largest absolute Gasteiger partial charge is 0.489 e. The highest BCUT2D eigenvalue weighted by Gasteiger charge is 2.19. The van der Waals surface area contributed by atoms with Crippen LogP contribution in [-0.2, 0) is 0 Å². The molecule has 18 heavy (non-hydrogen) atoms. The third-order valence-corrected chi connectivity index (χ3v) is 3.85. The van der Waals surface area contributed by atoms with Gasteiger partial charge in [-0.25, -0.2) is 0 Å². The van der Waals surface area contributed by atoms with Crippen molar-refractivity contribution in [2.45, 2.75) is 6.10 Å². The van der Waals surface area contributed by atoms with Crippen molar-refractivity contribution >= 4 is 15.9 Å². The molecule has 1 atom stereocenters. The third-order valence-electron chi connectivity index (χ3n) is 3.20. The molecule has 1 aromatic rings. The highest BCUT2D eigenvalue weighted by molar-refractivity contribution is 9.10. The van der Waals surface area contributed by atoms with E-state index in [0.29, 0.717) is 6.61 Å². The number of halogens is 1. The summed E-state index contributed by atoms with van der Waals surface area (Å²) in [5.74, 6) is 0.790. The first-order valence-corrected chi connectivity index (χ1v) is 7.25. The van der Waals surface area contributed by atoms with Gasteiger partial charge in [0.1, 0.15) is 51.2 Å². The number of hydrogen-bond donors (Lipinski definition) is 3. The number of quaternary nitrogens is 2. The van der Waals surface area contributed by atoms with Crippen LogP contribution in [0.25, 0.3) is 0 Å². The summed E-state index contributed by atoms with van der Waals surface area (Å²) < 4.78 is 6.55. The molecule has 1 aliphatic heterocycles. The van der Waals surface area contributed by atoms with Crippen LogP contribution in [-0.4, -0.2) is 50.5 Å². The Labute approximate surface area is 116 Å². The van der Waals surface area contributed by atoms with Crippen molar-refractivity contribution in [2.75, 3.05) is 39.3 Å². The Hall–Kier alpha value is -0.620. The SMILES string of the molecule is O[C@@H](COc1ccccc1Br)C[NH+]1CC[NH2+]CC1. The zero-order valence-electron chi connectivity index (χ0n) is 10.4. The van der Waals surface area contributed by atoms with Gasteiger partial charge in [0.25, 0.3) is 0 Å². The number of benzene rings is 1. The van der Waals surface area contributed by atoms with Gasteiger partial charge in [0, 0.05) is 0 Å². The van der Waals surface area contributed by atoms with Gasteiger partial charge in [-0.1, -0.05) is 12.1 Å². The maximum absolute atomic E-state index is 9.98. The molecule has 0 amide bonds. The van der Waals surface area contributed by atoms with E-state index >= 15 is 0 Å². The van der Waals surface area contributed by atoms with Crippen molar-refractivity contribution in [1.29, 1.82) is 0 Å². The molecule has 0 radical (unpaired) electrons. The molecule has 0 aliphatic carbocycles. The Bertz CT molecular complexity index is 370. The molecule has 4 nitrogen and oxygen atoms in total. The van der Waals surface area contributed by atoms with Crippen molar-refractivity contribution in [3.8, 4) is 5.75 Å². The molecule has 0 saturated carbocycles. The fourth-order valence-corrected chi connectivity index (χ4v) is 2.62. The lowest BCUT2D eigenvalue weighted by Crippen LogP contribution is -3.21. The number of rotatable bonds is 5. The van der Waals surface area contributed by atoms with Gasteiger partial charge < -0.3 is 20.1 Å². The second kappa shape index (κ2) is 7.09. The van der Waals surface area contributed by atoms with E-state index in [1.807, 2.05) is 24.3 Å². The zero-order chi connectivity index (χ0) is 12.8. The number of nitrogens with one attached hydrogen (secondary N) is 1. The smallest absolute Gasteiger partial charge is 0.137 e.